The topological polar surface area (TPSA) is 75.6 Å². The lowest BCUT2D eigenvalue weighted by Crippen LogP contribution is -2.49. The summed E-state index contributed by atoms with van der Waals surface area (Å²) in [5, 5.41) is 3.42. The number of likely N-dealkylation sites (tertiary alicyclic amines) is 1. The lowest BCUT2D eigenvalue weighted by molar-refractivity contribution is -0.127. The minimum atomic E-state index is 0.00257. The number of rotatable bonds is 9. The second-order valence-corrected chi connectivity index (χ2v) is 7.35. The molecule has 2 aliphatic rings. The Morgan fingerprint density at radius 3 is 2.67 bits per heavy atom. The quantitative estimate of drug-likeness (QED) is 0.359. The van der Waals surface area contributed by atoms with Gasteiger partial charge in [-0.15, -0.1) is 0 Å². The first-order chi connectivity index (χ1) is 13.1. The molecule has 1 N–H and O–H groups in total. The summed E-state index contributed by atoms with van der Waals surface area (Å²) in [7, 11) is 5.22. The van der Waals surface area contributed by atoms with Crippen molar-refractivity contribution in [3.63, 3.8) is 0 Å². The van der Waals surface area contributed by atoms with E-state index in [4.69, 9.17) is 14.2 Å². The molecular weight excluding hydrogens is 348 g/mol. The number of methoxy groups -OCH3 is 1. The van der Waals surface area contributed by atoms with Crippen molar-refractivity contribution >= 4 is 11.9 Å². The average molecular weight is 385 g/mol. The van der Waals surface area contributed by atoms with E-state index in [1.54, 1.807) is 26.1 Å². The number of nitrogens with one attached hydrogen (secondary N) is 1. The van der Waals surface area contributed by atoms with Crippen LogP contribution in [0, 0.1) is 0 Å². The molecule has 0 spiro atoms. The number of hydrogen-bond acceptors (Lipinski definition) is 5. The highest BCUT2D eigenvalue weighted by Crippen LogP contribution is 2.15. The van der Waals surface area contributed by atoms with Gasteiger partial charge >= 0.3 is 0 Å². The van der Waals surface area contributed by atoms with E-state index in [9.17, 15) is 4.79 Å². The maximum atomic E-state index is 11.9. The summed E-state index contributed by atoms with van der Waals surface area (Å²) in [5.41, 5.74) is 0. The van der Waals surface area contributed by atoms with Gasteiger partial charge in [-0.3, -0.25) is 4.79 Å². The summed E-state index contributed by atoms with van der Waals surface area (Å²) in [6.45, 7) is 4.97. The molecule has 2 rings (SSSR count). The van der Waals surface area contributed by atoms with Crippen LogP contribution in [0.4, 0.5) is 0 Å². The SMILES string of the molecule is COCCCOC1CCN(C(=NCC(=O)N(C)C)NCC2CCCO2)CC1. The maximum absolute atomic E-state index is 11.9. The number of aliphatic imine (C=N–C) groups is 1. The second-order valence-electron chi connectivity index (χ2n) is 7.35. The van der Waals surface area contributed by atoms with Crippen molar-refractivity contribution in [3.8, 4) is 0 Å². The van der Waals surface area contributed by atoms with E-state index in [2.05, 4.69) is 15.2 Å². The second kappa shape index (κ2) is 12.2. The van der Waals surface area contributed by atoms with Crippen LogP contribution < -0.4 is 5.32 Å². The molecule has 0 radical (unpaired) electrons. The lowest BCUT2D eigenvalue weighted by atomic mass is 10.1. The largest absolute Gasteiger partial charge is 0.385 e. The zero-order valence-corrected chi connectivity index (χ0v) is 17.1. The number of carbonyl (C=O) groups excluding carboxylic acids is 1. The van der Waals surface area contributed by atoms with Crippen LogP contribution >= 0.6 is 0 Å². The van der Waals surface area contributed by atoms with E-state index in [0.717, 1.165) is 77.5 Å². The van der Waals surface area contributed by atoms with Crippen LogP contribution in [0.5, 0.6) is 0 Å². The molecule has 2 aliphatic heterocycles. The molecule has 0 aromatic heterocycles. The molecule has 1 unspecified atom stereocenters. The minimum absolute atomic E-state index is 0.00257. The smallest absolute Gasteiger partial charge is 0.243 e. The van der Waals surface area contributed by atoms with Crippen molar-refractivity contribution < 1.29 is 19.0 Å². The van der Waals surface area contributed by atoms with Gasteiger partial charge in [0.15, 0.2) is 5.96 Å². The number of ether oxygens (including phenoxy) is 3. The molecule has 8 heteroatoms. The lowest BCUT2D eigenvalue weighted by Gasteiger charge is -2.34. The van der Waals surface area contributed by atoms with Gasteiger partial charge in [0.25, 0.3) is 0 Å². The molecule has 27 heavy (non-hydrogen) atoms. The zero-order valence-electron chi connectivity index (χ0n) is 17.1. The first-order valence-corrected chi connectivity index (χ1v) is 10.1. The van der Waals surface area contributed by atoms with E-state index in [1.165, 1.54) is 0 Å². The Balaban J connectivity index is 1.82. The van der Waals surface area contributed by atoms with E-state index in [1.807, 2.05) is 0 Å². The molecule has 0 aliphatic carbocycles. The van der Waals surface area contributed by atoms with E-state index < -0.39 is 0 Å². The standard InChI is InChI=1S/C19H36N4O4/c1-22(2)18(24)15-21-19(20-14-17-6-4-12-27-17)23-9-7-16(8-10-23)26-13-5-11-25-3/h16-17H,4-15H2,1-3H3,(H,20,21). The third-order valence-corrected chi connectivity index (χ3v) is 4.96. The summed E-state index contributed by atoms with van der Waals surface area (Å²) in [5.74, 6) is 0.807. The van der Waals surface area contributed by atoms with Gasteiger partial charge in [0, 0.05) is 60.7 Å². The van der Waals surface area contributed by atoms with Gasteiger partial charge in [0.2, 0.25) is 5.91 Å². The highest BCUT2D eigenvalue weighted by Gasteiger charge is 2.23. The summed E-state index contributed by atoms with van der Waals surface area (Å²) < 4.78 is 16.7. The van der Waals surface area contributed by atoms with Crippen molar-refractivity contribution in [1.82, 2.24) is 15.1 Å². The molecule has 8 nitrogen and oxygen atoms in total. The number of hydrogen-bond donors (Lipinski definition) is 1. The van der Waals surface area contributed by atoms with Crippen LogP contribution in [-0.4, -0.2) is 101 Å². The molecule has 0 aromatic carbocycles. The summed E-state index contributed by atoms with van der Waals surface area (Å²) >= 11 is 0. The summed E-state index contributed by atoms with van der Waals surface area (Å²) in [6.07, 6.45) is 5.59. The van der Waals surface area contributed by atoms with Gasteiger partial charge in [0.05, 0.1) is 12.2 Å². The Morgan fingerprint density at radius 2 is 2.04 bits per heavy atom. The Kier molecular flexibility index (Phi) is 9.86. The van der Waals surface area contributed by atoms with E-state index in [0.29, 0.717) is 6.10 Å². The molecule has 0 saturated carbocycles. The molecule has 1 atom stereocenters. The maximum Gasteiger partial charge on any atom is 0.243 e. The Morgan fingerprint density at radius 1 is 1.26 bits per heavy atom. The van der Waals surface area contributed by atoms with Crippen molar-refractivity contribution in [3.05, 3.63) is 0 Å². The number of nitrogens with zero attached hydrogens (tertiary/aromatic N) is 3. The fourth-order valence-corrected chi connectivity index (χ4v) is 3.25. The average Bonchev–Trinajstić information content (AvgIpc) is 3.19. The summed E-state index contributed by atoms with van der Waals surface area (Å²) in [6, 6.07) is 0. The monoisotopic (exact) mass is 384 g/mol. The van der Waals surface area contributed by atoms with Crippen LogP contribution in [0.25, 0.3) is 0 Å². The van der Waals surface area contributed by atoms with Crippen molar-refractivity contribution in [2.24, 2.45) is 4.99 Å². The van der Waals surface area contributed by atoms with E-state index >= 15 is 0 Å². The van der Waals surface area contributed by atoms with Crippen LogP contribution in [0.15, 0.2) is 4.99 Å². The molecular formula is C19H36N4O4. The Labute approximate surface area is 163 Å². The fourth-order valence-electron chi connectivity index (χ4n) is 3.25. The fraction of sp³-hybridized carbons (Fsp3) is 0.895. The van der Waals surface area contributed by atoms with Crippen LogP contribution in [0.3, 0.4) is 0 Å². The van der Waals surface area contributed by atoms with Crippen molar-refractivity contribution in [2.75, 3.05) is 67.2 Å². The predicted octanol–water partition coefficient (Wildman–Crippen LogP) is 0.717. The number of likely N-dealkylation sites (N-methyl/N-ethyl adjacent to an activating group) is 1. The molecule has 0 aromatic rings. The van der Waals surface area contributed by atoms with Gasteiger partial charge in [0.1, 0.15) is 6.54 Å². The molecule has 156 valence electrons. The normalized spacial score (nSPS) is 21.5. The van der Waals surface area contributed by atoms with Crippen LogP contribution in [0.2, 0.25) is 0 Å². The zero-order chi connectivity index (χ0) is 19.5. The van der Waals surface area contributed by atoms with Gasteiger partial charge in [-0.05, 0) is 32.1 Å². The minimum Gasteiger partial charge on any atom is -0.385 e. The van der Waals surface area contributed by atoms with Crippen LogP contribution in [-0.2, 0) is 19.0 Å². The first-order valence-electron chi connectivity index (χ1n) is 10.1. The van der Waals surface area contributed by atoms with Crippen molar-refractivity contribution in [1.29, 1.82) is 0 Å². The first kappa shape index (κ1) is 21.9. The Bertz CT molecular complexity index is 459. The van der Waals surface area contributed by atoms with E-state index in [-0.39, 0.29) is 18.6 Å². The van der Waals surface area contributed by atoms with Crippen molar-refractivity contribution in [2.45, 2.75) is 44.3 Å². The van der Waals surface area contributed by atoms with Gasteiger partial charge in [-0.25, -0.2) is 4.99 Å². The molecule has 2 heterocycles. The molecule has 0 bridgehead atoms. The van der Waals surface area contributed by atoms with Gasteiger partial charge in [-0.2, -0.15) is 0 Å². The predicted molar refractivity (Wildman–Crippen MR) is 105 cm³/mol. The number of piperidine rings is 1. The number of amides is 1. The number of carbonyl (C=O) groups is 1. The highest BCUT2D eigenvalue weighted by atomic mass is 16.5. The van der Waals surface area contributed by atoms with Gasteiger partial charge < -0.3 is 29.3 Å². The third kappa shape index (κ3) is 8.02. The Hall–Kier alpha value is -1.38. The highest BCUT2D eigenvalue weighted by molar-refractivity contribution is 5.84. The van der Waals surface area contributed by atoms with Gasteiger partial charge in [-0.1, -0.05) is 0 Å². The summed E-state index contributed by atoms with van der Waals surface area (Å²) in [4.78, 5) is 20.3. The molecule has 2 saturated heterocycles. The molecule has 1 amide bonds. The third-order valence-electron chi connectivity index (χ3n) is 4.96. The van der Waals surface area contributed by atoms with Crippen LogP contribution in [0.1, 0.15) is 32.1 Å². The number of guanidine groups is 1. The molecule has 2 fully saturated rings.